The van der Waals surface area contributed by atoms with Gasteiger partial charge in [0.25, 0.3) is 5.56 Å². The molecule has 1 unspecified atom stereocenters. The first-order chi connectivity index (χ1) is 12.2. The number of hydrogen-bond acceptors (Lipinski definition) is 4. The van der Waals surface area contributed by atoms with Crippen LogP contribution in [0, 0.1) is 22.0 Å². The van der Waals surface area contributed by atoms with Crippen molar-refractivity contribution in [2.24, 2.45) is 17.3 Å². The average Bonchev–Trinajstić information content (AvgIpc) is 2.55. The first-order valence-corrected chi connectivity index (χ1v) is 10.0. The van der Waals surface area contributed by atoms with Gasteiger partial charge in [0.1, 0.15) is 0 Å². The van der Waals surface area contributed by atoms with Gasteiger partial charge in [-0.2, -0.15) is 0 Å². The Morgan fingerprint density at radius 3 is 2.46 bits per heavy atom. The van der Waals surface area contributed by atoms with Crippen LogP contribution in [-0.2, 0) is 16.1 Å². The van der Waals surface area contributed by atoms with Gasteiger partial charge in [-0.15, -0.1) is 0 Å². The third kappa shape index (κ3) is 6.71. The number of aromatic nitrogens is 2. The number of H-pyrrole nitrogens is 1. The van der Waals surface area contributed by atoms with E-state index >= 15 is 0 Å². The summed E-state index contributed by atoms with van der Waals surface area (Å²) in [5.41, 5.74) is -0.486. The average molecular weight is 383 g/mol. The Morgan fingerprint density at radius 2 is 1.88 bits per heavy atom. The number of hydrogen-bond donors (Lipinski definition) is 1. The first-order valence-electron chi connectivity index (χ1n) is 9.64. The quantitative estimate of drug-likeness (QED) is 0.342. The molecule has 26 heavy (non-hydrogen) atoms. The topological polar surface area (TPSA) is 64.1 Å². The van der Waals surface area contributed by atoms with Gasteiger partial charge in [0.15, 0.2) is 4.77 Å². The van der Waals surface area contributed by atoms with E-state index in [1.807, 2.05) is 6.92 Å². The summed E-state index contributed by atoms with van der Waals surface area (Å²) in [6.45, 7) is 11.5. The molecule has 1 atom stereocenters. The summed E-state index contributed by atoms with van der Waals surface area (Å²) in [6.07, 6.45) is 6.08. The van der Waals surface area contributed by atoms with Crippen LogP contribution < -0.4 is 5.56 Å². The van der Waals surface area contributed by atoms with Crippen molar-refractivity contribution in [1.82, 2.24) is 9.55 Å². The molecule has 0 radical (unpaired) electrons. The van der Waals surface area contributed by atoms with Crippen LogP contribution in [0.3, 0.4) is 0 Å². The fraction of sp³-hybridized carbons (Fsp3) is 0.750. The standard InChI is InChI=1S/C20H34N2O3S/c1-15(2)14-20(5,16(3)4)18(24)25-13-9-7-6-8-12-22-17(23)10-11-21-19(22)26/h10-11,15-16H,6-9,12-14H2,1-5H3,(H,21,26). The van der Waals surface area contributed by atoms with E-state index in [9.17, 15) is 9.59 Å². The monoisotopic (exact) mass is 382 g/mol. The van der Waals surface area contributed by atoms with E-state index in [0.29, 0.717) is 23.8 Å². The third-order valence-electron chi connectivity index (χ3n) is 5.03. The number of nitrogens with zero attached hydrogens (tertiary/aromatic N) is 1. The van der Waals surface area contributed by atoms with Gasteiger partial charge in [-0.05, 0) is 56.7 Å². The molecule has 1 rings (SSSR count). The zero-order chi connectivity index (χ0) is 19.7. The molecule has 1 aromatic rings. The number of unbranched alkanes of at least 4 members (excludes halogenated alkanes) is 3. The summed E-state index contributed by atoms with van der Waals surface area (Å²) in [4.78, 5) is 27.1. The molecule has 0 amide bonds. The lowest BCUT2D eigenvalue weighted by molar-refractivity contribution is -0.159. The molecule has 0 bridgehead atoms. The van der Waals surface area contributed by atoms with Crippen molar-refractivity contribution in [1.29, 1.82) is 0 Å². The number of nitrogens with one attached hydrogen (secondary N) is 1. The molecule has 1 aromatic heterocycles. The third-order valence-corrected chi connectivity index (χ3v) is 5.36. The molecule has 1 N–H and O–H groups in total. The van der Waals surface area contributed by atoms with Crippen LogP contribution in [0.25, 0.3) is 0 Å². The smallest absolute Gasteiger partial charge is 0.312 e. The SMILES string of the molecule is CC(C)CC(C)(C(=O)OCCCCCCn1c(=O)cc[nH]c1=S)C(C)C. The van der Waals surface area contributed by atoms with Crippen LogP contribution in [0.4, 0.5) is 0 Å². The summed E-state index contributed by atoms with van der Waals surface area (Å²) in [6, 6.07) is 1.48. The molecule has 148 valence electrons. The minimum Gasteiger partial charge on any atom is -0.465 e. The molecule has 0 aliphatic rings. The van der Waals surface area contributed by atoms with Crippen molar-refractivity contribution >= 4 is 18.2 Å². The van der Waals surface area contributed by atoms with Crippen LogP contribution in [0.15, 0.2) is 17.1 Å². The lowest BCUT2D eigenvalue weighted by Crippen LogP contribution is -2.36. The van der Waals surface area contributed by atoms with E-state index < -0.39 is 5.41 Å². The lowest BCUT2D eigenvalue weighted by Gasteiger charge is -2.32. The molecule has 0 aromatic carbocycles. The van der Waals surface area contributed by atoms with E-state index in [2.05, 4.69) is 32.7 Å². The second kappa shape index (κ2) is 10.7. The summed E-state index contributed by atoms with van der Waals surface area (Å²) in [5.74, 6) is 0.636. The van der Waals surface area contributed by atoms with E-state index in [1.165, 1.54) is 6.07 Å². The number of rotatable bonds is 11. The van der Waals surface area contributed by atoms with Gasteiger partial charge in [0, 0.05) is 18.8 Å². The van der Waals surface area contributed by atoms with Crippen LogP contribution in [0.5, 0.6) is 0 Å². The van der Waals surface area contributed by atoms with Crippen molar-refractivity contribution in [3.63, 3.8) is 0 Å². The second-order valence-electron chi connectivity index (χ2n) is 7.99. The molecule has 1 heterocycles. The van der Waals surface area contributed by atoms with E-state index in [1.54, 1.807) is 10.8 Å². The van der Waals surface area contributed by atoms with E-state index in [4.69, 9.17) is 17.0 Å². The summed E-state index contributed by atoms with van der Waals surface area (Å²) >= 11 is 5.12. The Balaban J connectivity index is 2.31. The second-order valence-corrected chi connectivity index (χ2v) is 8.38. The largest absolute Gasteiger partial charge is 0.465 e. The Morgan fingerprint density at radius 1 is 1.23 bits per heavy atom. The van der Waals surface area contributed by atoms with Gasteiger partial charge < -0.3 is 9.72 Å². The number of aromatic amines is 1. The number of ether oxygens (including phenoxy) is 1. The number of carbonyl (C=O) groups is 1. The zero-order valence-corrected chi connectivity index (χ0v) is 17.7. The van der Waals surface area contributed by atoms with Gasteiger partial charge in [0.05, 0.1) is 12.0 Å². The van der Waals surface area contributed by atoms with Crippen LogP contribution in [-0.4, -0.2) is 22.1 Å². The Kier molecular flexibility index (Phi) is 9.27. The predicted molar refractivity (Wildman–Crippen MR) is 108 cm³/mol. The minimum absolute atomic E-state index is 0.0687. The fourth-order valence-corrected chi connectivity index (χ4v) is 3.37. The Hall–Kier alpha value is -1.43. The number of esters is 1. The normalized spacial score (nSPS) is 13.8. The summed E-state index contributed by atoms with van der Waals surface area (Å²) in [7, 11) is 0. The fourth-order valence-electron chi connectivity index (χ4n) is 3.12. The van der Waals surface area contributed by atoms with Gasteiger partial charge in [-0.3, -0.25) is 14.2 Å². The van der Waals surface area contributed by atoms with Gasteiger partial charge in [-0.1, -0.05) is 34.1 Å². The highest BCUT2D eigenvalue weighted by molar-refractivity contribution is 7.71. The Labute approximate surface area is 162 Å². The van der Waals surface area contributed by atoms with Crippen molar-refractivity contribution in [3.8, 4) is 0 Å². The molecule has 0 spiro atoms. The lowest BCUT2D eigenvalue weighted by atomic mass is 9.73. The van der Waals surface area contributed by atoms with Crippen molar-refractivity contribution in [3.05, 3.63) is 27.4 Å². The van der Waals surface area contributed by atoms with Crippen LogP contribution >= 0.6 is 12.2 Å². The minimum atomic E-state index is -0.418. The number of carbonyl (C=O) groups excluding carboxylic acids is 1. The van der Waals surface area contributed by atoms with Crippen LogP contribution in [0.1, 0.15) is 66.7 Å². The van der Waals surface area contributed by atoms with E-state index in [0.717, 1.165) is 32.1 Å². The van der Waals surface area contributed by atoms with Gasteiger partial charge in [-0.25, -0.2) is 0 Å². The maximum atomic E-state index is 12.5. The zero-order valence-electron chi connectivity index (χ0n) is 16.8. The van der Waals surface area contributed by atoms with Gasteiger partial charge in [0.2, 0.25) is 0 Å². The maximum absolute atomic E-state index is 12.5. The molecule has 0 saturated carbocycles. The maximum Gasteiger partial charge on any atom is 0.312 e. The molecule has 0 aliphatic heterocycles. The summed E-state index contributed by atoms with van der Waals surface area (Å²) < 4.78 is 7.60. The molecule has 0 saturated heterocycles. The van der Waals surface area contributed by atoms with Gasteiger partial charge >= 0.3 is 5.97 Å². The van der Waals surface area contributed by atoms with Crippen molar-refractivity contribution in [2.45, 2.75) is 73.3 Å². The highest BCUT2D eigenvalue weighted by Gasteiger charge is 2.38. The Bertz CT molecular complexity index is 650. The molecule has 5 nitrogen and oxygen atoms in total. The predicted octanol–water partition coefficient (Wildman–Crippen LogP) is 4.72. The van der Waals surface area contributed by atoms with E-state index in [-0.39, 0.29) is 17.4 Å². The molecule has 0 fully saturated rings. The molecular weight excluding hydrogens is 348 g/mol. The molecular formula is C20H34N2O3S. The highest BCUT2D eigenvalue weighted by atomic mass is 32.1. The summed E-state index contributed by atoms with van der Waals surface area (Å²) in [5, 5.41) is 0. The molecule has 6 heteroatoms. The highest BCUT2D eigenvalue weighted by Crippen LogP contribution is 2.35. The first kappa shape index (κ1) is 22.6. The molecule has 0 aliphatic carbocycles. The van der Waals surface area contributed by atoms with Crippen molar-refractivity contribution < 1.29 is 9.53 Å². The van der Waals surface area contributed by atoms with Crippen LogP contribution in [0.2, 0.25) is 0 Å². The van der Waals surface area contributed by atoms with Crippen molar-refractivity contribution in [2.75, 3.05) is 6.61 Å².